The number of carbonyl (C=O) groups excluding carboxylic acids is 1. The first-order valence-electron chi connectivity index (χ1n) is 6.49. The zero-order valence-corrected chi connectivity index (χ0v) is 11.8. The molecule has 2 aromatic rings. The van der Waals surface area contributed by atoms with Crippen molar-refractivity contribution in [2.75, 3.05) is 13.7 Å². The van der Waals surface area contributed by atoms with Crippen LogP contribution in [0, 0.1) is 5.82 Å². The van der Waals surface area contributed by atoms with Crippen LogP contribution in [0.3, 0.4) is 0 Å². The number of ether oxygens (including phenoxy) is 1. The lowest BCUT2D eigenvalue weighted by atomic mass is 9.95. The van der Waals surface area contributed by atoms with E-state index >= 15 is 0 Å². The quantitative estimate of drug-likeness (QED) is 0.625. The molecule has 2 rings (SSSR count). The molecule has 1 aromatic carbocycles. The first-order valence-corrected chi connectivity index (χ1v) is 6.49. The Bertz CT molecular complexity index is 682. The fourth-order valence-corrected chi connectivity index (χ4v) is 2.11. The van der Waals surface area contributed by atoms with E-state index < -0.39 is 0 Å². The van der Waals surface area contributed by atoms with Crippen molar-refractivity contribution in [1.82, 2.24) is 4.98 Å². The van der Waals surface area contributed by atoms with Crippen LogP contribution in [0.5, 0.6) is 5.88 Å². The first kappa shape index (κ1) is 14.9. The van der Waals surface area contributed by atoms with E-state index in [4.69, 9.17) is 4.74 Å². The first-order chi connectivity index (χ1) is 10.2. The van der Waals surface area contributed by atoms with Gasteiger partial charge in [-0.2, -0.15) is 0 Å². The summed E-state index contributed by atoms with van der Waals surface area (Å²) in [4.78, 5) is 17.7. The molecule has 0 aliphatic rings. The van der Waals surface area contributed by atoms with Crippen molar-refractivity contribution in [2.45, 2.75) is 12.8 Å². The second-order valence-electron chi connectivity index (χ2n) is 4.63. The minimum atomic E-state index is -0.320. The number of pyridine rings is 1. The molecule has 0 amide bonds. The lowest BCUT2D eigenvalue weighted by Crippen LogP contribution is -2.02. The van der Waals surface area contributed by atoms with Crippen molar-refractivity contribution >= 4 is 6.08 Å². The predicted octanol–water partition coefficient (Wildman–Crippen LogP) is 3.34. The number of aromatic nitrogens is 1. The molecule has 5 heteroatoms. The minimum absolute atomic E-state index is 0.199. The normalized spacial score (nSPS) is 11.6. The molecule has 0 fully saturated rings. The van der Waals surface area contributed by atoms with Crippen LogP contribution in [0.4, 0.5) is 4.39 Å². The third kappa shape index (κ3) is 3.33. The fourth-order valence-electron chi connectivity index (χ4n) is 2.11. The number of nitrogens with zero attached hydrogens (tertiary/aromatic N) is 2. The largest absolute Gasteiger partial charge is 0.481 e. The topological polar surface area (TPSA) is 51.5 Å². The maximum absolute atomic E-state index is 14.7. The Hall–Kier alpha value is -2.52. The minimum Gasteiger partial charge on any atom is -0.481 e. The van der Waals surface area contributed by atoms with E-state index in [1.807, 2.05) is 6.92 Å². The summed E-state index contributed by atoms with van der Waals surface area (Å²) in [6.07, 6.45) is 3.05. The number of rotatable bonds is 5. The molecule has 0 aliphatic heterocycles. The van der Waals surface area contributed by atoms with Crippen LogP contribution in [0.15, 0.2) is 41.5 Å². The van der Waals surface area contributed by atoms with Gasteiger partial charge in [-0.15, -0.1) is 0 Å². The van der Waals surface area contributed by atoms with Gasteiger partial charge in [-0.25, -0.2) is 19.2 Å². The predicted molar refractivity (Wildman–Crippen MR) is 77.6 cm³/mol. The summed E-state index contributed by atoms with van der Waals surface area (Å²) >= 11 is 0. The highest BCUT2D eigenvalue weighted by Crippen LogP contribution is 2.30. The van der Waals surface area contributed by atoms with Crippen LogP contribution in [0.1, 0.15) is 18.4 Å². The molecule has 4 nitrogen and oxygen atoms in total. The van der Waals surface area contributed by atoms with Crippen molar-refractivity contribution < 1.29 is 13.9 Å². The second-order valence-corrected chi connectivity index (χ2v) is 4.63. The third-order valence-electron chi connectivity index (χ3n) is 3.24. The third-order valence-corrected chi connectivity index (χ3v) is 3.24. The summed E-state index contributed by atoms with van der Waals surface area (Å²) in [7, 11) is 1.51. The molecule has 1 atom stereocenters. The lowest BCUT2D eigenvalue weighted by Gasteiger charge is -2.13. The number of aliphatic imine (C=N–C) groups is 1. The van der Waals surface area contributed by atoms with Crippen LogP contribution in [0.25, 0.3) is 11.1 Å². The molecule has 0 spiro atoms. The Morgan fingerprint density at radius 1 is 1.43 bits per heavy atom. The molecular weight excluding hydrogens is 271 g/mol. The van der Waals surface area contributed by atoms with E-state index in [9.17, 15) is 9.18 Å². The zero-order valence-electron chi connectivity index (χ0n) is 11.8. The van der Waals surface area contributed by atoms with Crippen molar-refractivity contribution in [3.8, 4) is 17.0 Å². The zero-order chi connectivity index (χ0) is 15.2. The van der Waals surface area contributed by atoms with Crippen LogP contribution in [0.2, 0.25) is 0 Å². The van der Waals surface area contributed by atoms with Crippen LogP contribution < -0.4 is 4.74 Å². The number of hydrogen-bond acceptors (Lipinski definition) is 4. The number of hydrogen-bond donors (Lipinski definition) is 0. The Labute approximate surface area is 122 Å². The van der Waals surface area contributed by atoms with E-state index in [2.05, 4.69) is 9.98 Å². The van der Waals surface area contributed by atoms with Crippen molar-refractivity contribution in [3.05, 3.63) is 47.9 Å². The van der Waals surface area contributed by atoms with E-state index in [1.54, 1.807) is 36.5 Å². The number of benzene rings is 1. The summed E-state index contributed by atoms with van der Waals surface area (Å²) < 4.78 is 19.7. The number of methoxy groups -OCH3 is 1. The molecule has 108 valence electrons. The molecule has 0 radical (unpaired) electrons. The maximum Gasteiger partial charge on any atom is 0.234 e. The van der Waals surface area contributed by atoms with Gasteiger partial charge in [0.25, 0.3) is 0 Å². The van der Waals surface area contributed by atoms with Gasteiger partial charge in [0, 0.05) is 23.7 Å². The van der Waals surface area contributed by atoms with Crippen LogP contribution in [-0.4, -0.2) is 24.7 Å². The molecule has 0 saturated carbocycles. The summed E-state index contributed by atoms with van der Waals surface area (Å²) in [6, 6.07) is 8.57. The number of isocyanates is 1. The van der Waals surface area contributed by atoms with E-state index in [0.717, 1.165) is 0 Å². The highest BCUT2D eigenvalue weighted by Gasteiger charge is 2.15. The summed E-state index contributed by atoms with van der Waals surface area (Å²) in [6.45, 7) is 2.03. The average molecular weight is 286 g/mol. The van der Waals surface area contributed by atoms with Crippen LogP contribution in [-0.2, 0) is 4.79 Å². The van der Waals surface area contributed by atoms with Gasteiger partial charge in [-0.1, -0.05) is 25.1 Å². The van der Waals surface area contributed by atoms with Gasteiger partial charge in [0.05, 0.1) is 13.7 Å². The number of halogens is 1. The molecule has 0 N–H and O–H groups in total. The van der Waals surface area contributed by atoms with E-state index in [1.165, 1.54) is 13.2 Å². The highest BCUT2D eigenvalue weighted by atomic mass is 19.1. The molecular formula is C16H15FN2O2. The fraction of sp³-hybridized carbons (Fsp3) is 0.250. The molecule has 0 bridgehead atoms. The molecule has 21 heavy (non-hydrogen) atoms. The van der Waals surface area contributed by atoms with Crippen LogP contribution >= 0.6 is 0 Å². The van der Waals surface area contributed by atoms with Crippen molar-refractivity contribution in [3.63, 3.8) is 0 Å². The molecule has 0 saturated heterocycles. The van der Waals surface area contributed by atoms with Gasteiger partial charge in [-0.3, -0.25) is 0 Å². The molecule has 1 aromatic heterocycles. The molecule has 0 aliphatic carbocycles. The monoisotopic (exact) mass is 286 g/mol. The Balaban J connectivity index is 2.43. The van der Waals surface area contributed by atoms with Gasteiger partial charge < -0.3 is 4.74 Å². The van der Waals surface area contributed by atoms with Gasteiger partial charge in [-0.05, 0) is 17.2 Å². The summed E-state index contributed by atoms with van der Waals surface area (Å²) in [5, 5.41) is 0. The lowest BCUT2D eigenvalue weighted by molar-refractivity contribution is 0.398. The van der Waals surface area contributed by atoms with Gasteiger partial charge in [0.15, 0.2) is 0 Å². The molecule has 1 heterocycles. The van der Waals surface area contributed by atoms with Crippen molar-refractivity contribution in [2.24, 2.45) is 4.99 Å². The van der Waals surface area contributed by atoms with Crippen molar-refractivity contribution in [1.29, 1.82) is 0 Å². The van der Waals surface area contributed by atoms with Gasteiger partial charge >= 0.3 is 0 Å². The highest BCUT2D eigenvalue weighted by molar-refractivity contribution is 5.66. The van der Waals surface area contributed by atoms with E-state index in [0.29, 0.717) is 22.6 Å². The SMILES string of the molecule is COc1cc(-c2cccc(C(C)CN=C=O)c2F)ccn1. The summed E-state index contributed by atoms with van der Waals surface area (Å²) in [5.41, 5.74) is 1.67. The molecule has 1 unspecified atom stereocenters. The Morgan fingerprint density at radius 3 is 2.95 bits per heavy atom. The standard InChI is InChI=1S/C16H15FN2O2/c1-11(9-18-10-20)13-4-3-5-14(16(13)17)12-6-7-19-15(8-12)21-2/h3-8,11H,9H2,1-2H3. The van der Waals surface area contributed by atoms with E-state index in [-0.39, 0.29) is 18.3 Å². The Kier molecular flexibility index (Phi) is 4.80. The maximum atomic E-state index is 14.7. The Morgan fingerprint density at radius 2 is 2.24 bits per heavy atom. The second kappa shape index (κ2) is 6.77. The van der Waals surface area contributed by atoms with Gasteiger partial charge in [0.2, 0.25) is 12.0 Å². The summed E-state index contributed by atoms with van der Waals surface area (Å²) in [5.74, 6) is -0.0922. The smallest absolute Gasteiger partial charge is 0.234 e. The van der Waals surface area contributed by atoms with Gasteiger partial charge in [0.1, 0.15) is 5.82 Å². The average Bonchev–Trinajstić information content (AvgIpc) is 2.52.